The predicted octanol–water partition coefficient (Wildman–Crippen LogP) is 1.75. The summed E-state index contributed by atoms with van der Waals surface area (Å²) in [7, 11) is 3.02. The molecule has 2 aromatic carbocycles. The highest BCUT2D eigenvalue weighted by Gasteiger charge is 2.23. The zero-order chi connectivity index (χ0) is 27.0. The number of H-pyrrole nitrogens is 1. The molecule has 2 N–H and O–H groups in total. The van der Waals surface area contributed by atoms with Crippen LogP contribution in [0.2, 0.25) is 0 Å². The van der Waals surface area contributed by atoms with Crippen LogP contribution in [0.5, 0.6) is 17.2 Å². The minimum atomic E-state index is -1.11. The van der Waals surface area contributed by atoms with E-state index in [0.29, 0.717) is 34.1 Å². The summed E-state index contributed by atoms with van der Waals surface area (Å²) in [6, 6.07) is 13.4. The molecule has 2 aromatic heterocycles. The Balaban J connectivity index is 1.56. The Labute approximate surface area is 214 Å². The van der Waals surface area contributed by atoms with Gasteiger partial charge in [0.2, 0.25) is 6.79 Å². The molecule has 0 atom stereocenters. The number of aromatic amines is 1. The number of carboxylic acids is 1. The largest absolute Gasteiger partial charge is 0.482 e. The molecule has 0 saturated heterocycles. The molecule has 1 aliphatic heterocycles. The van der Waals surface area contributed by atoms with Gasteiger partial charge in [-0.25, -0.2) is 14.6 Å². The average Bonchev–Trinajstić information content (AvgIpc) is 3.38. The molecule has 3 heterocycles. The third-order valence-corrected chi connectivity index (χ3v) is 6.00. The molecular weight excluding hydrogens is 496 g/mol. The van der Waals surface area contributed by atoms with Gasteiger partial charge in [-0.2, -0.15) is 0 Å². The zero-order valence-corrected chi connectivity index (χ0v) is 20.4. The molecule has 0 fully saturated rings. The van der Waals surface area contributed by atoms with Gasteiger partial charge >= 0.3 is 11.7 Å². The van der Waals surface area contributed by atoms with Gasteiger partial charge in [0.05, 0.1) is 16.6 Å². The number of benzene rings is 2. The molecule has 5 rings (SSSR count). The van der Waals surface area contributed by atoms with E-state index < -0.39 is 29.7 Å². The fourth-order valence-electron chi connectivity index (χ4n) is 4.14. The number of ether oxygens (including phenoxy) is 3. The maximum absolute atomic E-state index is 13.7. The fraction of sp³-hybridized carbons (Fsp3) is 0.192. The first-order chi connectivity index (χ1) is 18.2. The lowest BCUT2D eigenvalue weighted by atomic mass is 10.0. The van der Waals surface area contributed by atoms with Crippen LogP contribution < -0.4 is 25.5 Å². The lowest BCUT2D eigenvalue weighted by Crippen LogP contribution is -2.32. The van der Waals surface area contributed by atoms with Crippen molar-refractivity contribution in [3.05, 3.63) is 80.5 Å². The number of nitrogens with one attached hydrogen (secondary N) is 1. The van der Waals surface area contributed by atoms with Gasteiger partial charge in [-0.05, 0) is 42.0 Å². The van der Waals surface area contributed by atoms with Gasteiger partial charge in [0.1, 0.15) is 5.75 Å². The molecule has 1 aliphatic rings. The number of rotatable bonds is 7. The van der Waals surface area contributed by atoms with E-state index in [1.54, 1.807) is 49.5 Å². The van der Waals surface area contributed by atoms with Gasteiger partial charge in [0, 0.05) is 26.2 Å². The number of carboxylic acid groups (broad SMARTS) is 1. The van der Waals surface area contributed by atoms with Crippen molar-refractivity contribution in [1.82, 2.24) is 19.4 Å². The maximum Gasteiger partial charge on any atom is 0.341 e. The average molecular weight is 518 g/mol. The van der Waals surface area contributed by atoms with E-state index in [2.05, 4.69) is 9.97 Å². The fourth-order valence-corrected chi connectivity index (χ4v) is 4.14. The minimum Gasteiger partial charge on any atom is -0.482 e. The van der Waals surface area contributed by atoms with Crippen LogP contribution in [0, 0.1) is 0 Å². The summed E-state index contributed by atoms with van der Waals surface area (Å²) in [6.07, 6.45) is 0. The number of hydrogen-bond acceptors (Lipinski definition) is 8. The van der Waals surface area contributed by atoms with E-state index in [-0.39, 0.29) is 29.9 Å². The number of hydrogen-bond donors (Lipinski definition) is 2. The second-order valence-corrected chi connectivity index (χ2v) is 8.63. The smallest absolute Gasteiger partial charge is 0.341 e. The Bertz CT molecular complexity index is 1710. The highest BCUT2D eigenvalue weighted by Crippen LogP contribution is 2.36. The molecule has 0 unspecified atom stereocenters. The SMILES string of the molecule is CN(Cc1cccc(OCC(=O)O)c1)C(=O)c1cc(-c2ccc3c(c2)OCO3)nc2c1c(=O)[nH]c(=O)n2C. The maximum atomic E-state index is 13.7. The van der Waals surface area contributed by atoms with E-state index in [1.807, 2.05) is 0 Å². The Kier molecular flexibility index (Phi) is 6.29. The van der Waals surface area contributed by atoms with E-state index in [1.165, 1.54) is 22.6 Å². The monoisotopic (exact) mass is 518 g/mol. The van der Waals surface area contributed by atoms with E-state index in [0.717, 1.165) is 0 Å². The molecule has 0 spiro atoms. The summed E-state index contributed by atoms with van der Waals surface area (Å²) in [5.74, 6) is -0.162. The number of carbonyl (C=O) groups is 2. The van der Waals surface area contributed by atoms with Crippen molar-refractivity contribution >= 4 is 22.9 Å². The van der Waals surface area contributed by atoms with Gasteiger partial charge in [-0.15, -0.1) is 0 Å². The Morgan fingerprint density at radius 1 is 1.13 bits per heavy atom. The van der Waals surface area contributed by atoms with Crippen LogP contribution in [0.4, 0.5) is 0 Å². The molecule has 38 heavy (non-hydrogen) atoms. The van der Waals surface area contributed by atoms with Crippen molar-refractivity contribution in [2.24, 2.45) is 7.05 Å². The third kappa shape index (κ3) is 4.66. The Morgan fingerprint density at radius 3 is 2.71 bits per heavy atom. The van der Waals surface area contributed by atoms with Crippen molar-refractivity contribution in [3.63, 3.8) is 0 Å². The molecule has 0 aliphatic carbocycles. The topological polar surface area (TPSA) is 153 Å². The number of carbonyl (C=O) groups excluding carboxylic acids is 1. The highest BCUT2D eigenvalue weighted by molar-refractivity contribution is 6.06. The van der Waals surface area contributed by atoms with Gasteiger partial charge in [-0.3, -0.25) is 19.1 Å². The van der Waals surface area contributed by atoms with Gasteiger partial charge < -0.3 is 24.2 Å². The van der Waals surface area contributed by atoms with Gasteiger partial charge in [-0.1, -0.05) is 12.1 Å². The number of aromatic nitrogens is 3. The van der Waals surface area contributed by atoms with Crippen LogP contribution in [0.3, 0.4) is 0 Å². The van der Waals surface area contributed by atoms with Crippen LogP contribution in [0.1, 0.15) is 15.9 Å². The number of nitrogens with zero attached hydrogens (tertiary/aromatic N) is 3. The van der Waals surface area contributed by atoms with Crippen LogP contribution >= 0.6 is 0 Å². The molecule has 1 amide bonds. The normalized spacial score (nSPS) is 11.9. The third-order valence-electron chi connectivity index (χ3n) is 6.00. The van der Waals surface area contributed by atoms with Gasteiger partial charge in [0.15, 0.2) is 23.8 Å². The van der Waals surface area contributed by atoms with Crippen LogP contribution in [-0.2, 0) is 18.4 Å². The van der Waals surface area contributed by atoms with Crippen molar-refractivity contribution in [2.75, 3.05) is 20.4 Å². The summed E-state index contributed by atoms with van der Waals surface area (Å²) < 4.78 is 17.2. The standard InChI is InChI=1S/C26H22N4O8/c1-29(11-14-4-3-5-16(8-14)36-12-21(31)32)25(34)17-10-18(15-6-7-19-20(9-15)38-13-37-19)27-23-22(17)24(33)28-26(35)30(23)2/h3-10H,11-13H2,1-2H3,(H,31,32)(H,28,33,35). The second-order valence-electron chi connectivity index (χ2n) is 8.63. The highest BCUT2D eigenvalue weighted by atomic mass is 16.7. The number of fused-ring (bicyclic) bond motifs is 2. The van der Waals surface area contributed by atoms with Crippen LogP contribution in [-0.4, -0.2) is 56.9 Å². The zero-order valence-electron chi connectivity index (χ0n) is 20.4. The summed E-state index contributed by atoms with van der Waals surface area (Å²) in [4.78, 5) is 57.8. The first-order valence-corrected chi connectivity index (χ1v) is 11.4. The molecule has 4 aromatic rings. The lowest BCUT2D eigenvalue weighted by molar-refractivity contribution is -0.139. The van der Waals surface area contributed by atoms with E-state index >= 15 is 0 Å². The molecule has 0 radical (unpaired) electrons. The Hall–Kier alpha value is -5.13. The van der Waals surface area contributed by atoms with Crippen molar-refractivity contribution in [1.29, 1.82) is 0 Å². The molecule has 12 nitrogen and oxygen atoms in total. The van der Waals surface area contributed by atoms with Crippen molar-refractivity contribution in [3.8, 4) is 28.5 Å². The first-order valence-electron chi connectivity index (χ1n) is 11.4. The predicted molar refractivity (Wildman–Crippen MR) is 135 cm³/mol. The van der Waals surface area contributed by atoms with Crippen molar-refractivity contribution < 1.29 is 28.9 Å². The summed E-state index contributed by atoms with van der Waals surface area (Å²) in [5.41, 5.74) is 0.354. The summed E-state index contributed by atoms with van der Waals surface area (Å²) in [6.45, 7) is -0.272. The number of amides is 1. The Morgan fingerprint density at radius 2 is 1.92 bits per heavy atom. The number of pyridine rings is 1. The quantitative estimate of drug-likeness (QED) is 0.373. The minimum absolute atomic E-state index is 0.0213. The first kappa shape index (κ1) is 24.6. The summed E-state index contributed by atoms with van der Waals surface area (Å²) in [5, 5.41) is 8.82. The number of aliphatic carboxylic acids is 1. The number of aryl methyl sites for hydroxylation is 1. The lowest BCUT2D eigenvalue weighted by Gasteiger charge is -2.19. The van der Waals surface area contributed by atoms with Gasteiger partial charge in [0.25, 0.3) is 11.5 Å². The molecule has 0 bridgehead atoms. The van der Waals surface area contributed by atoms with E-state index in [4.69, 9.17) is 19.3 Å². The van der Waals surface area contributed by atoms with E-state index in [9.17, 15) is 19.2 Å². The van der Waals surface area contributed by atoms with Crippen LogP contribution in [0.15, 0.2) is 58.1 Å². The molecule has 194 valence electrons. The van der Waals surface area contributed by atoms with Crippen molar-refractivity contribution in [2.45, 2.75) is 6.54 Å². The molecular formula is C26H22N4O8. The molecule has 0 saturated carbocycles. The van der Waals surface area contributed by atoms with Crippen LogP contribution in [0.25, 0.3) is 22.3 Å². The summed E-state index contributed by atoms with van der Waals surface area (Å²) >= 11 is 0. The second kappa shape index (κ2) is 9.73. The molecule has 12 heteroatoms.